The first-order valence-electron chi connectivity index (χ1n) is 5.28. The first kappa shape index (κ1) is 11.6. The molecule has 0 aliphatic heterocycles. The highest BCUT2D eigenvalue weighted by atomic mass is 79.9. The second-order valence-corrected chi connectivity index (χ2v) is 4.68. The molecule has 1 aromatic heterocycles. The maximum atomic E-state index is 4.54. The van der Waals surface area contributed by atoms with Crippen LogP contribution in [0.15, 0.2) is 18.2 Å². The van der Waals surface area contributed by atoms with Gasteiger partial charge in [-0.3, -0.25) is 4.90 Å². The fourth-order valence-electron chi connectivity index (χ4n) is 1.82. The Bertz CT molecular complexity index is 504. The molecular formula is C12H16BrN3. The van der Waals surface area contributed by atoms with Crippen LogP contribution < -0.4 is 0 Å². The molecule has 0 atom stereocenters. The summed E-state index contributed by atoms with van der Waals surface area (Å²) in [6.07, 6.45) is 0. The van der Waals surface area contributed by atoms with Crippen LogP contribution in [-0.2, 0) is 13.6 Å². The molecule has 3 nitrogen and oxygen atoms in total. The maximum Gasteiger partial charge on any atom is 0.106 e. The molecule has 2 aromatic rings. The summed E-state index contributed by atoms with van der Waals surface area (Å²) in [6, 6.07) is 6.48. The average Bonchev–Trinajstić information content (AvgIpc) is 2.54. The minimum Gasteiger partial charge on any atom is -0.331 e. The van der Waals surface area contributed by atoms with Gasteiger partial charge in [0, 0.05) is 13.6 Å². The quantitative estimate of drug-likeness (QED) is 0.637. The molecule has 0 saturated heterocycles. The Labute approximate surface area is 104 Å². The van der Waals surface area contributed by atoms with Crippen LogP contribution in [0.25, 0.3) is 11.0 Å². The Kier molecular flexibility index (Phi) is 3.30. The van der Waals surface area contributed by atoms with E-state index in [1.165, 1.54) is 11.1 Å². The van der Waals surface area contributed by atoms with Gasteiger partial charge in [0.1, 0.15) is 5.82 Å². The van der Waals surface area contributed by atoms with Gasteiger partial charge < -0.3 is 4.57 Å². The van der Waals surface area contributed by atoms with E-state index in [1.54, 1.807) is 0 Å². The second-order valence-electron chi connectivity index (χ2n) is 4.17. The third kappa shape index (κ3) is 2.13. The number of hydrogen-bond donors (Lipinski definition) is 0. The lowest BCUT2D eigenvalue weighted by molar-refractivity contribution is 0.390. The Balaban J connectivity index is 2.37. The van der Waals surface area contributed by atoms with E-state index < -0.39 is 0 Å². The van der Waals surface area contributed by atoms with Gasteiger partial charge in [-0.1, -0.05) is 22.0 Å². The first-order valence-corrected chi connectivity index (χ1v) is 6.40. The van der Waals surface area contributed by atoms with Gasteiger partial charge >= 0.3 is 0 Å². The van der Waals surface area contributed by atoms with Crippen LogP contribution >= 0.6 is 15.9 Å². The van der Waals surface area contributed by atoms with Crippen LogP contribution in [0.2, 0.25) is 0 Å². The average molecular weight is 282 g/mol. The van der Waals surface area contributed by atoms with Crippen LogP contribution in [-0.4, -0.2) is 27.0 Å². The van der Waals surface area contributed by atoms with Crippen LogP contribution in [0.3, 0.4) is 0 Å². The Morgan fingerprint density at radius 1 is 1.44 bits per heavy atom. The van der Waals surface area contributed by atoms with Gasteiger partial charge in [-0.25, -0.2) is 4.98 Å². The van der Waals surface area contributed by atoms with Gasteiger partial charge in [-0.15, -0.1) is 0 Å². The van der Waals surface area contributed by atoms with Crippen molar-refractivity contribution in [3.8, 4) is 0 Å². The van der Waals surface area contributed by atoms with Crippen molar-refractivity contribution in [1.29, 1.82) is 0 Å². The molecule has 1 heterocycles. The Hall–Kier alpha value is -0.870. The van der Waals surface area contributed by atoms with Crippen molar-refractivity contribution in [2.45, 2.75) is 13.5 Å². The minimum absolute atomic E-state index is 0.881. The van der Waals surface area contributed by atoms with E-state index in [4.69, 9.17) is 0 Å². The molecule has 16 heavy (non-hydrogen) atoms. The number of rotatable bonds is 3. The highest BCUT2D eigenvalue weighted by Gasteiger charge is 2.05. The number of aryl methyl sites for hydroxylation is 2. The van der Waals surface area contributed by atoms with Gasteiger partial charge in [-0.2, -0.15) is 0 Å². The third-order valence-electron chi connectivity index (χ3n) is 2.83. The number of fused-ring (bicyclic) bond motifs is 1. The Morgan fingerprint density at radius 2 is 2.19 bits per heavy atom. The normalized spacial score (nSPS) is 11.6. The van der Waals surface area contributed by atoms with E-state index in [9.17, 15) is 0 Å². The second kappa shape index (κ2) is 4.55. The number of benzene rings is 1. The number of halogens is 1. The SMILES string of the molecule is Cc1nc2cc(CN(C)CBr)ccc2n1C. The van der Waals surface area contributed by atoms with Gasteiger partial charge in [0.25, 0.3) is 0 Å². The molecule has 1 aromatic carbocycles. The largest absolute Gasteiger partial charge is 0.331 e. The zero-order valence-electron chi connectivity index (χ0n) is 9.87. The van der Waals surface area contributed by atoms with Crippen molar-refractivity contribution < 1.29 is 0 Å². The van der Waals surface area contributed by atoms with Crippen molar-refractivity contribution >= 4 is 27.0 Å². The summed E-state index contributed by atoms with van der Waals surface area (Å²) < 4.78 is 2.12. The smallest absolute Gasteiger partial charge is 0.106 e. The van der Waals surface area contributed by atoms with E-state index in [1.807, 2.05) is 6.92 Å². The maximum absolute atomic E-state index is 4.54. The van der Waals surface area contributed by atoms with Crippen molar-refractivity contribution in [1.82, 2.24) is 14.5 Å². The van der Waals surface area contributed by atoms with E-state index in [0.717, 1.165) is 23.3 Å². The fraction of sp³-hybridized carbons (Fsp3) is 0.417. The first-order chi connectivity index (χ1) is 7.61. The standard InChI is InChI=1S/C12H16BrN3/c1-9-14-11-6-10(7-15(2)8-13)4-5-12(11)16(9)3/h4-6H,7-8H2,1-3H3. The van der Waals surface area contributed by atoms with E-state index >= 15 is 0 Å². The summed E-state index contributed by atoms with van der Waals surface area (Å²) in [5.41, 5.74) is 4.46. The fourth-order valence-corrected chi connectivity index (χ4v) is 2.00. The molecule has 86 valence electrons. The number of imidazole rings is 1. The van der Waals surface area contributed by atoms with Crippen molar-refractivity contribution in [2.24, 2.45) is 7.05 Å². The van der Waals surface area contributed by atoms with E-state index in [-0.39, 0.29) is 0 Å². The summed E-state index contributed by atoms with van der Waals surface area (Å²) in [6.45, 7) is 2.97. The van der Waals surface area contributed by atoms with E-state index in [2.05, 4.69) is 62.7 Å². The van der Waals surface area contributed by atoms with Gasteiger partial charge in [0.2, 0.25) is 0 Å². The van der Waals surface area contributed by atoms with Crippen LogP contribution in [0, 0.1) is 6.92 Å². The van der Waals surface area contributed by atoms with Gasteiger partial charge in [-0.05, 0) is 31.7 Å². The number of alkyl halides is 1. The summed E-state index contributed by atoms with van der Waals surface area (Å²) >= 11 is 3.44. The third-order valence-corrected chi connectivity index (χ3v) is 3.68. The molecular weight excluding hydrogens is 266 g/mol. The highest BCUT2D eigenvalue weighted by Crippen LogP contribution is 2.17. The molecule has 4 heteroatoms. The van der Waals surface area contributed by atoms with Crippen molar-refractivity contribution in [3.63, 3.8) is 0 Å². The molecule has 0 saturated carbocycles. The lowest BCUT2D eigenvalue weighted by Crippen LogP contribution is -2.14. The van der Waals surface area contributed by atoms with Crippen LogP contribution in [0.4, 0.5) is 0 Å². The van der Waals surface area contributed by atoms with Crippen LogP contribution in [0.1, 0.15) is 11.4 Å². The highest BCUT2D eigenvalue weighted by molar-refractivity contribution is 9.09. The molecule has 0 aliphatic rings. The lowest BCUT2D eigenvalue weighted by Gasteiger charge is -2.12. The zero-order valence-corrected chi connectivity index (χ0v) is 11.5. The molecule has 0 spiro atoms. The molecule has 0 fully saturated rings. The molecule has 0 bridgehead atoms. The Morgan fingerprint density at radius 3 is 2.88 bits per heavy atom. The predicted octanol–water partition coefficient (Wildman–Crippen LogP) is 2.67. The summed E-state index contributed by atoms with van der Waals surface area (Å²) in [5, 5.41) is 0. The van der Waals surface area contributed by atoms with E-state index in [0.29, 0.717) is 0 Å². The summed E-state index contributed by atoms with van der Waals surface area (Å²) in [4.78, 5) is 6.74. The monoisotopic (exact) mass is 281 g/mol. The summed E-state index contributed by atoms with van der Waals surface area (Å²) in [7, 11) is 4.14. The molecule has 0 N–H and O–H groups in total. The van der Waals surface area contributed by atoms with Gasteiger partial charge in [0.05, 0.1) is 16.5 Å². The van der Waals surface area contributed by atoms with Gasteiger partial charge in [0.15, 0.2) is 0 Å². The zero-order chi connectivity index (χ0) is 11.7. The summed E-state index contributed by atoms with van der Waals surface area (Å²) in [5.74, 6) is 1.06. The topological polar surface area (TPSA) is 21.1 Å². The number of nitrogens with zero attached hydrogens (tertiary/aromatic N) is 3. The molecule has 0 unspecified atom stereocenters. The molecule has 0 aliphatic carbocycles. The predicted molar refractivity (Wildman–Crippen MR) is 70.7 cm³/mol. The minimum atomic E-state index is 0.881. The number of hydrogen-bond acceptors (Lipinski definition) is 2. The lowest BCUT2D eigenvalue weighted by atomic mass is 10.2. The van der Waals surface area contributed by atoms with Crippen LogP contribution in [0.5, 0.6) is 0 Å². The number of aromatic nitrogens is 2. The molecule has 0 amide bonds. The van der Waals surface area contributed by atoms with Crippen molar-refractivity contribution in [3.05, 3.63) is 29.6 Å². The van der Waals surface area contributed by atoms with Crippen molar-refractivity contribution in [2.75, 3.05) is 12.5 Å². The molecule has 2 rings (SSSR count). The molecule has 0 radical (unpaired) electrons.